The first-order valence-corrected chi connectivity index (χ1v) is 3.63. The average Bonchev–Trinajstić information content (AvgIpc) is 1.98. The van der Waals surface area contributed by atoms with Crippen molar-refractivity contribution in [2.45, 2.75) is 23.6 Å². The lowest BCUT2D eigenvalue weighted by Gasteiger charge is -2.28. The minimum absolute atomic E-state index is 2.07. The van der Waals surface area contributed by atoms with Gasteiger partial charge in [0.1, 0.15) is 0 Å². The molecule has 0 aliphatic rings. The van der Waals surface area contributed by atoms with Crippen LogP contribution in [0.2, 0.25) is 0 Å². The first kappa shape index (κ1) is 16.1. The zero-order chi connectivity index (χ0) is 14.3. The van der Waals surface area contributed by atoms with E-state index in [0.717, 1.165) is 0 Å². The van der Waals surface area contributed by atoms with E-state index in [4.69, 9.17) is 0 Å². The number of alkyl halides is 10. The number of halogens is 10. The van der Waals surface area contributed by atoms with Gasteiger partial charge < -0.3 is 4.74 Å². The van der Waals surface area contributed by atoms with E-state index in [-0.39, 0.29) is 0 Å². The molecule has 0 aromatic carbocycles. The van der Waals surface area contributed by atoms with Gasteiger partial charge in [-0.15, -0.1) is 0 Å². The highest BCUT2D eigenvalue weighted by molar-refractivity contribution is 6.24. The molecule has 1 atom stereocenters. The molecule has 2 nitrogen and oxygen atoms in total. The van der Waals surface area contributed by atoms with Crippen molar-refractivity contribution in [2.24, 2.45) is 0 Å². The fraction of sp³-hybridized carbons (Fsp3) is 0.800. The van der Waals surface area contributed by atoms with Crippen LogP contribution in [0.15, 0.2) is 0 Å². The second kappa shape index (κ2) is 4.10. The van der Waals surface area contributed by atoms with E-state index in [1.54, 1.807) is 0 Å². The number of hydrogen-bond acceptors (Lipinski definition) is 2. The topological polar surface area (TPSA) is 26.3 Å². The third-order valence-electron chi connectivity index (χ3n) is 1.17. The SMILES string of the molecule is O=C(OC(F)(F)C(F)(Cl)C(F)(F)F)C(F)(F)F. The molecular weight excluding hydrogens is 298 g/mol. The third-order valence-corrected chi connectivity index (χ3v) is 1.61. The molecule has 0 saturated carbocycles. The summed E-state index contributed by atoms with van der Waals surface area (Å²) in [4.78, 5) is 9.83. The van der Waals surface area contributed by atoms with Crippen LogP contribution in [0.3, 0.4) is 0 Å². The molecule has 1 unspecified atom stereocenters. The second-order valence-electron chi connectivity index (χ2n) is 2.48. The van der Waals surface area contributed by atoms with Crippen LogP contribution in [0.4, 0.5) is 39.5 Å². The smallest absolute Gasteiger partial charge is 0.390 e. The predicted molar refractivity (Wildman–Crippen MR) is 32.8 cm³/mol. The molecule has 0 aliphatic carbocycles. The number of carbonyl (C=O) groups excluding carboxylic acids is 1. The normalized spacial score (nSPS) is 17.5. The fourth-order valence-corrected chi connectivity index (χ4v) is 0.442. The summed E-state index contributed by atoms with van der Waals surface area (Å²) in [7, 11) is 0. The Morgan fingerprint density at radius 2 is 1.24 bits per heavy atom. The van der Waals surface area contributed by atoms with Gasteiger partial charge in [0, 0.05) is 0 Å². The van der Waals surface area contributed by atoms with Crippen molar-refractivity contribution in [3.8, 4) is 0 Å². The Labute approximate surface area is 91.3 Å². The molecule has 0 saturated heterocycles. The van der Waals surface area contributed by atoms with E-state index in [1.165, 1.54) is 0 Å². The molecule has 0 rings (SSSR count). The molecule has 0 aliphatic heterocycles. The summed E-state index contributed by atoms with van der Waals surface area (Å²) in [5, 5.41) is -5.97. The lowest BCUT2D eigenvalue weighted by molar-refractivity contribution is -0.348. The van der Waals surface area contributed by atoms with Crippen LogP contribution in [-0.4, -0.2) is 29.6 Å². The highest BCUT2D eigenvalue weighted by atomic mass is 35.5. The van der Waals surface area contributed by atoms with Crippen molar-refractivity contribution in [2.75, 3.05) is 0 Å². The zero-order valence-electron chi connectivity index (χ0n) is 7.10. The Morgan fingerprint density at radius 3 is 1.47 bits per heavy atom. The second-order valence-corrected chi connectivity index (χ2v) is 3.00. The van der Waals surface area contributed by atoms with Crippen LogP contribution in [0.25, 0.3) is 0 Å². The van der Waals surface area contributed by atoms with Gasteiger partial charge in [0.2, 0.25) is 0 Å². The zero-order valence-corrected chi connectivity index (χ0v) is 7.85. The Bertz CT molecular complexity index is 303. The molecule has 0 fully saturated rings. The lowest BCUT2D eigenvalue weighted by Crippen LogP contribution is -2.54. The minimum atomic E-state index is -6.45. The molecule has 0 radical (unpaired) electrons. The summed E-state index contributed by atoms with van der Waals surface area (Å²) in [6, 6.07) is 0. The molecular formula is C5ClF9O2. The van der Waals surface area contributed by atoms with Crippen LogP contribution in [0, 0.1) is 0 Å². The van der Waals surface area contributed by atoms with Gasteiger partial charge in [-0.2, -0.15) is 35.1 Å². The molecule has 0 aromatic heterocycles. The van der Waals surface area contributed by atoms with Crippen molar-refractivity contribution >= 4 is 17.6 Å². The monoisotopic (exact) mass is 298 g/mol. The Balaban J connectivity index is 5.12. The van der Waals surface area contributed by atoms with Crippen LogP contribution < -0.4 is 0 Å². The third kappa shape index (κ3) is 3.30. The number of esters is 1. The number of carbonyl (C=O) groups is 1. The van der Waals surface area contributed by atoms with Crippen molar-refractivity contribution in [3.05, 3.63) is 0 Å². The van der Waals surface area contributed by atoms with Crippen molar-refractivity contribution in [1.82, 2.24) is 0 Å². The molecule has 0 aromatic rings. The first-order chi connectivity index (χ1) is 7.13. The van der Waals surface area contributed by atoms with Crippen LogP contribution in [0.1, 0.15) is 0 Å². The van der Waals surface area contributed by atoms with Gasteiger partial charge >= 0.3 is 29.6 Å². The van der Waals surface area contributed by atoms with Gasteiger partial charge in [0.25, 0.3) is 0 Å². The Kier molecular flexibility index (Phi) is 3.89. The van der Waals surface area contributed by atoms with Crippen LogP contribution >= 0.6 is 11.6 Å². The molecule has 0 heterocycles. The number of ether oxygens (including phenoxy) is 1. The lowest BCUT2D eigenvalue weighted by atomic mass is 10.3. The van der Waals surface area contributed by atoms with E-state index in [0.29, 0.717) is 0 Å². The van der Waals surface area contributed by atoms with Gasteiger partial charge in [0.15, 0.2) is 0 Å². The quantitative estimate of drug-likeness (QED) is 0.445. The predicted octanol–water partition coefficient (Wildman–Crippen LogP) is 3.15. The van der Waals surface area contributed by atoms with Crippen molar-refractivity contribution in [1.29, 1.82) is 0 Å². The molecule has 0 bridgehead atoms. The maximum atomic E-state index is 12.4. The van der Waals surface area contributed by atoms with Gasteiger partial charge in [-0.05, 0) is 0 Å². The van der Waals surface area contributed by atoms with E-state index in [2.05, 4.69) is 16.3 Å². The minimum Gasteiger partial charge on any atom is -0.390 e. The number of hydrogen-bond donors (Lipinski definition) is 0. The van der Waals surface area contributed by atoms with Crippen LogP contribution in [-0.2, 0) is 9.53 Å². The fourth-order valence-electron chi connectivity index (χ4n) is 0.403. The van der Waals surface area contributed by atoms with Crippen LogP contribution in [0.5, 0.6) is 0 Å². The Morgan fingerprint density at radius 1 is 0.882 bits per heavy atom. The van der Waals surface area contributed by atoms with E-state index in [1.807, 2.05) is 0 Å². The van der Waals surface area contributed by atoms with E-state index >= 15 is 0 Å². The number of rotatable bonds is 2. The van der Waals surface area contributed by atoms with Crippen molar-refractivity contribution in [3.63, 3.8) is 0 Å². The van der Waals surface area contributed by atoms with E-state index in [9.17, 15) is 44.3 Å². The van der Waals surface area contributed by atoms with Crippen molar-refractivity contribution < 1.29 is 49.0 Å². The average molecular weight is 298 g/mol. The largest absolute Gasteiger partial charge is 0.491 e. The summed E-state index contributed by atoms with van der Waals surface area (Å²) < 4.78 is 108. The summed E-state index contributed by atoms with van der Waals surface area (Å²) >= 11 is 3.71. The Hall–Kier alpha value is -0.870. The summed E-state index contributed by atoms with van der Waals surface area (Å²) in [5.41, 5.74) is 0. The molecule has 0 amide bonds. The highest BCUT2D eigenvalue weighted by Gasteiger charge is 2.74. The molecule has 0 N–H and O–H groups in total. The maximum absolute atomic E-state index is 12.4. The molecule has 0 spiro atoms. The van der Waals surface area contributed by atoms with E-state index < -0.39 is 29.6 Å². The van der Waals surface area contributed by atoms with Gasteiger partial charge in [-0.1, -0.05) is 11.6 Å². The summed E-state index contributed by atoms with van der Waals surface area (Å²) in [5.74, 6) is -3.71. The highest BCUT2D eigenvalue weighted by Crippen LogP contribution is 2.49. The first-order valence-electron chi connectivity index (χ1n) is 3.25. The molecule has 102 valence electrons. The molecule has 17 heavy (non-hydrogen) atoms. The standard InChI is InChI=1S/C5ClF9O2/c6-3(10,4(11,12)13)5(14,15)17-1(16)2(7,8)9. The molecule has 12 heteroatoms. The maximum Gasteiger partial charge on any atom is 0.491 e. The van der Waals surface area contributed by atoms with Gasteiger partial charge in [0.05, 0.1) is 0 Å². The van der Waals surface area contributed by atoms with Gasteiger partial charge in [-0.3, -0.25) is 0 Å². The summed E-state index contributed by atoms with van der Waals surface area (Å²) in [6.07, 6.45) is -18.7. The van der Waals surface area contributed by atoms with Gasteiger partial charge in [-0.25, -0.2) is 9.18 Å². The summed E-state index contributed by atoms with van der Waals surface area (Å²) in [6.45, 7) is 0.